The van der Waals surface area contributed by atoms with Crippen molar-refractivity contribution in [1.29, 1.82) is 0 Å². The van der Waals surface area contributed by atoms with Gasteiger partial charge in [0.15, 0.2) is 0 Å². The van der Waals surface area contributed by atoms with Crippen molar-refractivity contribution in [2.24, 2.45) is 0 Å². The molecule has 2 saturated heterocycles. The predicted molar refractivity (Wildman–Crippen MR) is 112 cm³/mol. The number of piperazine rings is 1. The van der Waals surface area contributed by atoms with Crippen molar-refractivity contribution in [2.45, 2.75) is 18.9 Å². The Labute approximate surface area is 168 Å². The van der Waals surface area contributed by atoms with Gasteiger partial charge >= 0.3 is 0 Å². The van der Waals surface area contributed by atoms with Crippen LogP contribution >= 0.6 is 11.3 Å². The summed E-state index contributed by atoms with van der Waals surface area (Å²) in [5, 5.41) is 4.58. The molecule has 3 aromatic rings. The molecule has 2 fully saturated rings. The third-order valence-corrected chi connectivity index (χ3v) is 6.82. The average molecular weight is 394 g/mol. The number of hydrogen-bond acceptors (Lipinski definition) is 6. The summed E-state index contributed by atoms with van der Waals surface area (Å²) >= 11 is 1.64. The van der Waals surface area contributed by atoms with Crippen LogP contribution in [0.1, 0.15) is 33.4 Å². The minimum atomic E-state index is 0.154. The van der Waals surface area contributed by atoms with E-state index in [1.165, 1.54) is 17.7 Å². The summed E-state index contributed by atoms with van der Waals surface area (Å²) in [5.41, 5.74) is 0.956. The standard InChI is InChI=1S/C21H23N5OS/c27-21(19-8-7-18(28-19)17-6-3-9-22-17)26-12-10-25(11-13-26)20-15-4-1-2-5-16(15)23-14-24-20/h1-2,4-5,7-8,14,17,22H,3,6,9-13H2/t17-/m0/s1. The Morgan fingerprint density at radius 2 is 1.93 bits per heavy atom. The Kier molecular flexibility index (Phi) is 4.70. The quantitative estimate of drug-likeness (QED) is 0.741. The average Bonchev–Trinajstić information content (AvgIpc) is 3.45. The minimum absolute atomic E-state index is 0.154. The maximum Gasteiger partial charge on any atom is 0.264 e. The lowest BCUT2D eigenvalue weighted by Gasteiger charge is -2.35. The summed E-state index contributed by atoms with van der Waals surface area (Å²) in [4.78, 5) is 28.2. The van der Waals surface area contributed by atoms with Crippen LogP contribution in [0.15, 0.2) is 42.7 Å². The third kappa shape index (κ3) is 3.25. The Bertz CT molecular complexity index is 984. The highest BCUT2D eigenvalue weighted by molar-refractivity contribution is 7.14. The molecule has 4 heterocycles. The number of para-hydroxylation sites is 1. The van der Waals surface area contributed by atoms with E-state index in [-0.39, 0.29) is 5.91 Å². The molecule has 0 aliphatic carbocycles. The number of rotatable bonds is 3. The van der Waals surface area contributed by atoms with Gasteiger partial charge in [-0.15, -0.1) is 11.3 Å². The van der Waals surface area contributed by atoms with E-state index in [1.807, 2.05) is 29.2 Å². The first-order valence-electron chi connectivity index (χ1n) is 9.87. The number of anilines is 1. The maximum atomic E-state index is 13.0. The molecular formula is C21H23N5OS. The fourth-order valence-electron chi connectivity index (χ4n) is 4.10. The lowest BCUT2D eigenvalue weighted by atomic mass is 10.2. The first-order valence-corrected chi connectivity index (χ1v) is 10.7. The number of nitrogens with one attached hydrogen (secondary N) is 1. The second-order valence-corrected chi connectivity index (χ2v) is 8.46. The first kappa shape index (κ1) is 17.6. The molecule has 1 amide bonds. The van der Waals surface area contributed by atoms with E-state index < -0.39 is 0 Å². The van der Waals surface area contributed by atoms with E-state index in [1.54, 1.807) is 17.7 Å². The van der Waals surface area contributed by atoms with Crippen molar-refractivity contribution >= 4 is 34.0 Å². The van der Waals surface area contributed by atoms with Crippen molar-refractivity contribution in [1.82, 2.24) is 20.2 Å². The molecular weight excluding hydrogens is 370 g/mol. The smallest absolute Gasteiger partial charge is 0.264 e. The number of hydrogen-bond donors (Lipinski definition) is 1. The number of nitrogens with zero attached hydrogens (tertiary/aromatic N) is 4. The normalized spacial score (nSPS) is 20.1. The van der Waals surface area contributed by atoms with Crippen LogP contribution in [0.3, 0.4) is 0 Å². The molecule has 1 N–H and O–H groups in total. The van der Waals surface area contributed by atoms with Gasteiger partial charge in [0.2, 0.25) is 0 Å². The summed E-state index contributed by atoms with van der Waals surface area (Å²) < 4.78 is 0. The van der Waals surface area contributed by atoms with E-state index in [9.17, 15) is 4.79 Å². The number of aromatic nitrogens is 2. The second-order valence-electron chi connectivity index (χ2n) is 7.34. The van der Waals surface area contributed by atoms with E-state index in [0.717, 1.165) is 41.2 Å². The second kappa shape index (κ2) is 7.48. The highest BCUT2D eigenvalue weighted by atomic mass is 32.1. The lowest BCUT2D eigenvalue weighted by molar-refractivity contribution is 0.0751. The summed E-state index contributed by atoms with van der Waals surface area (Å²) in [5.74, 6) is 1.12. The predicted octanol–water partition coefficient (Wildman–Crippen LogP) is 3.08. The Balaban J connectivity index is 1.27. The summed E-state index contributed by atoms with van der Waals surface area (Å²) in [6, 6.07) is 12.6. The number of thiophene rings is 1. The zero-order chi connectivity index (χ0) is 18.9. The maximum absolute atomic E-state index is 13.0. The zero-order valence-electron chi connectivity index (χ0n) is 15.7. The van der Waals surface area contributed by atoms with Crippen molar-refractivity contribution in [2.75, 3.05) is 37.6 Å². The number of carbonyl (C=O) groups excluding carboxylic acids is 1. The molecule has 0 radical (unpaired) electrons. The van der Waals surface area contributed by atoms with Crippen LogP contribution in [0, 0.1) is 0 Å². The Morgan fingerprint density at radius 3 is 2.75 bits per heavy atom. The molecule has 0 spiro atoms. The largest absolute Gasteiger partial charge is 0.352 e. The zero-order valence-corrected chi connectivity index (χ0v) is 16.5. The molecule has 1 atom stereocenters. The van der Waals surface area contributed by atoms with Gasteiger partial charge < -0.3 is 15.1 Å². The molecule has 0 saturated carbocycles. The summed E-state index contributed by atoms with van der Waals surface area (Å²) in [6.45, 7) is 4.08. The molecule has 0 bridgehead atoms. The summed E-state index contributed by atoms with van der Waals surface area (Å²) in [7, 11) is 0. The molecule has 2 aliphatic heterocycles. The molecule has 5 rings (SSSR count). The van der Waals surface area contributed by atoms with Crippen LogP contribution < -0.4 is 10.2 Å². The fourth-order valence-corrected chi connectivity index (χ4v) is 5.19. The van der Waals surface area contributed by atoms with Gasteiger partial charge in [-0.1, -0.05) is 12.1 Å². The van der Waals surface area contributed by atoms with Gasteiger partial charge in [-0.05, 0) is 43.7 Å². The van der Waals surface area contributed by atoms with Crippen molar-refractivity contribution in [3.05, 3.63) is 52.5 Å². The number of benzene rings is 1. The number of carbonyl (C=O) groups is 1. The highest BCUT2D eigenvalue weighted by Crippen LogP contribution is 2.30. The van der Waals surface area contributed by atoms with Gasteiger partial charge in [-0.25, -0.2) is 9.97 Å². The van der Waals surface area contributed by atoms with Gasteiger partial charge in [0, 0.05) is 42.5 Å². The topological polar surface area (TPSA) is 61.4 Å². The van der Waals surface area contributed by atoms with E-state index in [0.29, 0.717) is 19.1 Å². The van der Waals surface area contributed by atoms with Crippen LogP contribution in [0.25, 0.3) is 10.9 Å². The van der Waals surface area contributed by atoms with Crippen LogP contribution in [0.4, 0.5) is 5.82 Å². The van der Waals surface area contributed by atoms with Crippen LogP contribution in [-0.4, -0.2) is 53.5 Å². The van der Waals surface area contributed by atoms with Gasteiger partial charge in [0.1, 0.15) is 12.1 Å². The molecule has 6 nitrogen and oxygen atoms in total. The molecule has 1 aromatic carbocycles. The first-order chi connectivity index (χ1) is 13.8. The van der Waals surface area contributed by atoms with E-state index in [4.69, 9.17) is 0 Å². The molecule has 2 aliphatic rings. The molecule has 7 heteroatoms. The van der Waals surface area contributed by atoms with Crippen molar-refractivity contribution in [3.8, 4) is 0 Å². The molecule has 2 aromatic heterocycles. The van der Waals surface area contributed by atoms with Crippen molar-refractivity contribution < 1.29 is 4.79 Å². The molecule has 0 unspecified atom stereocenters. The molecule has 144 valence electrons. The Hall–Kier alpha value is -2.51. The summed E-state index contributed by atoms with van der Waals surface area (Å²) in [6.07, 6.45) is 4.00. The van der Waals surface area contributed by atoms with Gasteiger partial charge in [-0.2, -0.15) is 0 Å². The molecule has 28 heavy (non-hydrogen) atoms. The van der Waals surface area contributed by atoms with Crippen LogP contribution in [0.2, 0.25) is 0 Å². The van der Waals surface area contributed by atoms with Gasteiger partial charge in [0.25, 0.3) is 5.91 Å². The SMILES string of the molecule is O=C(c1ccc([C@@H]2CCCN2)s1)N1CCN(c2ncnc3ccccc23)CC1. The van der Waals surface area contributed by atoms with E-state index >= 15 is 0 Å². The number of amides is 1. The third-order valence-electron chi connectivity index (χ3n) is 5.63. The van der Waals surface area contributed by atoms with Crippen molar-refractivity contribution in [3.63, 3.8) is 0 Å². The lowest BCUT2D eigenvalue weighted by Crippen LogP contribution is -2.49. The number of fused-ring (bicyclic) bond motifs is 1. The van der Waals surface area contributed by atoms with Gasteiger partial charge in [0.05, 0.1) is 10.4 Å². The Morgan fingerprint density at radius 1 is 1.07 bits per heavy atom. The van der Waals surface area contributed by atoms with Crippen LogP contribution in [0.5, 0.6) is 0 Å². The van der Waals surface area contributed by atoms with E-state index in [2.05, 4.69) is 32.3 Å². The monoisotopic (exact) mass is 393 g/mol. The van der Waals surface area contributed by atoms with Crippen LogP contribution in [-0.2, 0) is 0 Å². The van der Waals surface area contributed by atoms with Gasteiger partial charge in [-0.3, -0.25) is 4.79 Å². The fraction of sp³-hybridized carbons (Fsp3) is 0.381. The minimum Gasteiger partial charge on any atom is -0.352 e. The highest BCUT2D eigenvalue weighted by Gasteiger charge is 2.26.